The summed E-state index contributed by atoms with van der Waals surface area (Å²) < 4.78 is 8.34. The van der Waals surface area contributed by atoms with Gasteiger partial charge in [0.2, 0.25) is 0 Å². The molecule has 3 heteroatoms. The molecular weight excluding hydrogens is 286 g/mol. The molecule has 0 radical (unpaired) electrons. The van der Waals surface area contributed by atoms with E-state index in [-0.39, 0.29) is 12.2 Å². The highest BCUT2D eigenvalue weighted by Gasteiger charge is 2.40. The highest BCUT2D eigenvalue weighted by Crippen LogP contribution is 2.54. The SMILES string of the molecule is Cn1ccc2c(-c3cccc(C=O)c3)cc3c(c21)C1CCC3O1. The fourth-order valence-corrected chi connectivity index (χ4v) is 4.23. The summed E-state index contributed by atoms with van der Waals surface area (Å²) in [6, 6.07) is 12.3. The Labute approximate surface area is 134 Å². The molecule has 23 heavy (non-hydrogen) atoms. The first-order valence-electron chi connectivity index (χ1n) is 8.09. The van der Waals surface area contributed by atoms with Gasteiger partial charge in [0.1, 0.15) is 6.29 Å². The Hall–Kier alpha value is -2.39. The van der Waals surface area contributed by atoms with Crippen LogP contribution in [0.15, 0.2) is 42.6 Å². The molecule has 3 heterocycles. The zero-order valence-corrected chi connectivity index (χ0v) is 13.0. The minimum absolute atomic E-state index is 0.238. The summed E-state index contributed by atoms with van der Waals surface area (Å²) in [6.45, 7) is 0. The van der Waals surface area contributed by atoms with Crippen molar-refractivity contribution in [3.05, 3.63) is 59.3 Å². The molecule has 0 saturated carbocycles. The van der Waals surface area contributed by atoms with Crippen LogP contribution < -0.4 is 0 Å². The molecule has 1 aromatic heterocycles. The molecular formula is C20H17NO2. The van der Waals surface area contributed by atoms with Crippen molar-refractivity contribution in [2.75, 3.05) is 0 Å². The van der Waals surface area contributed by atoms with Crippen molar-refractivity contribution >= 4 is 17.2 Å². The quantitative estimate of drug-likeness (QED) is 0.650. The first kappa shape index (κ1) is 13.1. The van der Waals surface area contributed by atoms with Crippen LogP contribution in [-0.2, 0) is 11.8 Å². The summed E-state index contributed by atoms with van der Waals surface area (Å²) in [5, 5.41) is 1.24. The van der Waals surface area contributed by atoms with Crippen LogP contribution in [0.3, 0.4) is 0 Å². The standard InChI is InChI=1S/C20H17NO2/c1-21-8-7-14-15(13-4-2-3-12(9-13)11-22)10-16-17-5-6-18(23-17)19(16)20(14)21/h2-4,7-11,17-18H,5-6H2,1H3. The number of nitrogens with zero attached hydrogens (tertiary/aromatic N) is 1. The van der Waals surface area contributed by atoms with Gasteiger partial charge in [0.25, 0.3) is 0 Å². The topological polar surface area (TPSA) is 31.2 Å². The van der Waals surface area contributed by atoms with Crippen LogP contribution in [0, 0.1) is 0 Å². The third-order valence-electron chi connectivity index (χ3n) is 5.25. The van der Waals surface area contributed by atoms with E-state index in [1.165, 1.54) is 27.6 Å². The Morgan fingerprint density at radius 3 is 2.91 bits per heavy atom. The van der Waals surface area contributed by atoms with Gasteiger partial charge in [-0.3, -0.25) is 4.79 Å². The van der Waals surface area contributed by atoms with Crippen molar-refractivity contribution in [3.8, 4) is 11.1 Å². The van der Waals surface area contributed by atoms with Gasteiger partial charge in [-0.05, 0) is 47.7 Å². The zero-order chi connectivity index (χ0) is 15.6. The average Bonchev–Trinajstić information content (AvgIpc) is 3.29. The molecule has 2 unspecified atom stereocenters. The second-order valence-corrected chi connectivity index (χ2v) is 6.55. The van der Waals surface area contributed by atoms with E-state index in [0.29, 0.717) is 5.56 Å². The number of aromatic nitrogens is 1. The predicted octanol–water partition coefficient (Wildman–Crippen LogP) is 4.56. The van der Waals surface area contributed by atoms with Crippen LogP contribution in [0.2, 0.25) is 0 Å². The number of aryl methyl sites for hydroxylation is 1. The molecule has 0 amide bonds. The summed E-state index contributed by atoms with van der Waals surface area (Å²) in [6.07, 6.45) is 5.75. The molecule has 1 fully saturated rings. The molecule has 3 nitrogen and oxygen atoms in total. The van der Waals surface area contributed by atoms with Gasteiger partial charge >= 0.3 is 0 Å². The largest absolute Gasteiger partial charge is 0.366 e. The van der Waals surface area contributed by atoms with Gasteiger partial charge in [-0.25, -0.2) is 0 Å². The van der Waals surface area contributed by atoms with E-state index in [0.717, 1.165) is 24.7 Å². The lowest BCUT2D eigenvalue weighted by molar-refractivity contribution is 0.0720. The average molecular weight is 303 g/mol. The van der Waals surface area contributed by atoms with E-state index in [9.17, 15) is 4.79 Å². The van der Waals surface area contributed by atoms with Gasteiger partial charge < -0.3 is 9.30 Å². The van der Waals surface area contributed by atoms with Crippen molar-refractivity contribution in [3.63, 3.8) is 0 Å². The number of carbonyl (C=O) groups is 1. The Morgan fingerprint density at radius 1 is 1.17 bits per heavy atom. The molecule has 5 rings (SSSR count). The molecule has 0 aliphatic carbocycles. The monoisotopic (exact) mass is 303 g/mol. The Bertz CT molecular complexity index is 954. The van der Waals surface area contributed by atoms with Crippen LogP contribution in [-0.4, -0.2) is 10.9 Å². The summed E-state index contributed by atoms with van der Waals surface area (Å²) in [4.78, 5) is 11.1. The van der Waals surface area contributed by atoms with E-state index >= 15 is 0 Å². The molecule has 2 aliphatic rings. The lowest BCUT2D eigenvalue weighted by Gasteiger charge is -2.17. The van der Waals surface area contributed by atoms with Gasteiger partial charge in [-0.2, -0.15) is 0 Å². The predicted molar refractivity (Wildman–Crippen MR) is 89.5 cm³/mol. The molecule has 2 aliphatic heterocycles. The van der Waals surface area contributed by atoms with Crippen LogP contribution in [0.4, 0.5) is 0 Å². The number of aldehydes is 1. The summed E-state index contributed by atoms with van der Waals surface area (Å²) in [5.41, 5.74) is 6.99. The van der Waals surface area contributed by atoms with Gasteiger partial charge in [0.05, 0.1) is 17.7 Å². The Balaban J connectivity index is 1.85. The maximum Gasteiger partial charge on any atom is 0.150 e. The van der Waals surface area contributed by atoms with E-state index in [1.54, 1.807) is 0 Å². The number of hydrogen-bond donors (Lipinski definition) is 0. The van der Waals surface area contributed by atoms with Crippen LogP contribution in [0.1, 0.15) is 46.5 Å². The van der Waals surface area contributed by atoms with Crippen molar-refractivity contribution in [2.45, 2.75) is 25.0 Å². The molecule has 2 atom stereocenters. The first-order valence-corrected chi connectivity index (χ1v) is 8.09. The van der Waals surface area contributed by atoms with Gasteiger partial charge in [0.15, 0.2) is 0 Å². The minimum Gasteiger partial charge on any atom is -0.366 e. The molecule has 2 bridgehead atoms. The van der Waals surface area contributed by atoms with Crippen LogP contribution in [0.5, 0.6) is 0 Å². The van der Waals surface area contributed by atoms with E-state index < -0.39 is 0 Å². The highest BCUT2D eigenvalue weighted by atomic mass is 16.5. The number of benzene rings is 2. The highest BCUT2D eigenvalue weighted by molar-refractivity contribution is 5.99. The maximum atomic E-state index is 11.1. The van der Waals surface area contributed by atoms with Crippen LogP contribution in [0.25, 0.3) is 22.0 Å². The molecule has 0 spiro atoms. The summed E-state index contributed by atoms with van der Waals surface area (Å²) in [5.74, 6) is 0. The maximum absolute atomic E-state index is 11.1. The summed E-state index contributed by atoms with van der Waals surface area (Å²) in [7, 11) is 2.10. The zero-order valence-electron chi connectivity index (χ0n) is 13.0. The van der Waals surface area contributed by atoms with Crippen molar-refractivity contribution in [1.29, 1.82) is 0 Å². The van der Waals surface area contributed by atoms with Gasteiger partial charge in [0, 0.05) is 29.8 Å². The van der Waals surface area contributed by atoms with Crippen LogP contribution >= 0.6 is 0 Å². The fourth-order valence-electron chi connectivity index (χ4n) is 4.23. The molecule has 0 N–H and O–H groups in total. The molecule has 1 saturated heterocycles. The lowest BCUT2D eigenvalue weighted by atomic mass is 9.86. The Morgan fingerprint density at radius 2 is 2.04 bits per heavy atom. The van der Waals surface area contributed by atoms with Gasteiger partial charge in [-0.15, -0.1) is 0 Å². The van der Waals surface area contributed by atoms with Crippen molar-refractivity contribution in [2.24, 2.45) is 7.05 Å². The fraction of sp³-hybridized carbons (Fsp3) is 0.250. The van der Waals surface area contributed by atoms with E-state index in [4.69, 9.17) is 4.74 Å². The normalized spacial score (nSPS) is 21.8. The van der Waals surface area contributed by atoms with Crippen molar-refractivity contribution in [1.82, 2.24) is 4.57 Å². The van der Waals surface area contributed by atoms with Gasteiger partial charge in [-0.1, -0.05) is 18.2 Å². The number of ether oxygens (including phenoxy) is 1. The number of carbonyl (C=O) groups excluding carboxylic acids is 1. The number of rotatable bonds is 2. The minimum atomic E-state index is 0.238. The number of hydrogen-bond acceptors (Lipinski definition) is 2. The molecule has 114 valence electrons. The second-order valence-electron chi connectivity index (χ2n) is 6.55. The summed E-state index contributed by atoms with van der Waals surface area (Å²) >= 11 is 0. The number of fused-ring (bicyclic) bond motifs is 7. The lowest BCUT2D eigenvalue weighted by Crippen LogP contribution is -2.02. The smallest absolute Gasteiger partial charge is 0.150 e. The third kappa shape index (κ3) is 1.71. The van der Waals surface area contributed by atoms with Crippen molar-refractivity contribution < 1.29 is 9.53 Å². The molecule has 3 aromatic rings. The second kappa shape index (κ2) is 4.56. The molecule has 2 aromatic carbocycles. The van der Waals surface area contributed by atoms with E-state index in [1.807, 2.05) is 18.2 Å². The van der Waals surface area contributed by atoms with E-state index in [2.05, 4.69) is 36.0 Å². The Kier molecular flexibility index (Phi) is 2.59. The first-order chi connectivity index (χ1) is 11.3. The third-order valence-corrected chi connectivity index (χ3v) is 5.25.